The van der Waals surface area contributed by atoms with Crippen LogP contribution in [0.25, 0.3) is 11.4 Å². The van der Waals surface area contributed by atoms with Gasteiger partial charge in [-0.3, -0.25) is 10.1 Å². The van der Waals surface area contributed by atoms with Gasteiger partial charge in [0.25, 0.3) is 5.69 Å². The predicted molar refractivity (Wildman–Crippen MR) is 100 cm³/mol. The molecule has 0 bridgehead atoms. The first kappa shape index (κ1) is 17.8. The number of nitro groups is 1. The van der Waals surface area contributed by atoms with Crippen molar-refractivity contribution in [2.75, 3.05) is 7.11 Å². The second-order valence-corrected chi connectivity index (χ2v) is 5.89. The van der Waals surface area contributed by atoms with E-state index in [2.05, 4.69) is 15.3 Å². The maximum Gasteiger partial charge on any atom is 0.270 e. The fourth-order valence-corrected chi connectivity index (χ4v) is 2.53. The molecule has 3 aromatic rings. The minimum atomic E-state index is -0.500. The molecule has 3 rings (SSSR count). The third-order valence-electron chi connectivity index (χ3n) is 3.50. The van der Waals surface area contributed by atoms with Crippen molar-refractivity contribution in [3.05, 3.63) is 67.9 Å². The number of halogens is 1. The molecule has 1 aromatic heterocycles. The van der Waals surface area contributed by atoms with Gasteiger partial charge >= 0.3 is 0 Å². The Labute approximate surface area is 157 Å². The number of rotatable bonds is 5. The van der Waals surface area contributed by atoms with Gasteiger partial charge in [0.15, 0.2) is 5.82 Å². The average molecular weight is 390 g/mol. The third kappa shape index (κ3) is 3.63. The molecule has 0 radical (unpaired) electrons. The highest BCUT2D eigenvalue weighted by molar-refractivity contribution is 7.71. The summed E-state index contributed by atoms with van der Waals surface area (Å²) >= 11 is 11.3. The Morgan fingerprint density at radius 1 is 1.35 bits per heavy atom. The Morgan fingerprint density at radius 3 is 2.73 bits per heavy atom. The number of ether oxygens (including phenoxy) is 1. The van der Waals surface area contributed by atoms with E-state index in [0.717, 1.165) is 5.56 Å². The number of aromatic amines is 1. The quantitative estimate of drug-likeness (QED) is 0.307. The van der Waals surface area contributed by atoms with E-state index in [9.17, 15) is 10.1 Å². The van der Waals surface area contributed by atoms with Crippen LogP contribution >= 0.6 is 23.8 Å². The minimum absolute atomic E-state index is 0.0815. The molecule has 10 heteroatoms. The molecule has 0 atom stereocenters. The van der Waals surface area contributed by atoms with E-state index in [1.807, 2.05) is 12.1 Å². The summed E-state index contributed by atoms with van der Waals surface area (Å²) in [7, 11) is 1.58. The molecule has 0 saturated heterocycles. The van der Waals surface area contributed by atoms with E-state index in [1.54, 1.807) is 19.2 Å². The van der Waals surface area contributed by atoms with Crippen LogP contribution in [-0.4, -0.2) is 33.1 Å². The summed E-state index contributed by atoms with van der Waals surface area (Å²) in [5.74, 6) is 1.19. The normalized spacial score (nSPS) is 11.0. The average Bonchev–Trinajstić information content (AvgIpc) is 3.01. The molecule has 0 aliphatic carbocycles. The van der Waals surface area contributed by atoms with Gasteiger partial charge in [-0.15, -0.1) is 0 Å². The number of nitrogens with one attached hydrogen (secondary N) is 1. The number of H-pyrrole nitrogens is 1. The Hall–Kier alpha value is -3.04. The molecule has 1 heterocycles. The van der Waals surface area contributed by atoms with E-state index < -0.39 is 4.92 Å². The van der Waals surface area contributed by atoms with Crippen LogP contribution in [0, 0.1) is 14.9 Å². The van der Waals surface area contributed by atoms with Crippen LogP contribution in [0.1, 0.15) is 5.56 Å². The molecule has 1 N–H and O–H groups in total. The molecule has 0 aliphatic heterocycles. The predicted octanol–water partition coefficient (Wildman–Crippen LogP) is 4.06. The van der Waals surface area contributed by atoms with Gasteiger partial charge < -0.3 is 4.74 Å². The fourth-order valence-electron chi connectivity index (χ4n) is 2.19. The van der Waals surface area contributed by atoms with Crippen LogP contribution in [0.3, 0.4) is 0 Å². The molecule has 0 fully saturated rings. The van der Waals surface area contributed by atoms with Gasteiger partial charge in [0.05, 0.1) is 18.2 Å². The highest BCUT2D eigenvalue weighted by atomic mass is 35.5. The Bertz CT molecular complexity index is 1040. The second kappa shape index (κ2) is 7.46. The standard InChI is InChI=1S/C16H12ClN5O3S/c1-25-13-5-2-10(3-6-13)15-19-20-16(26)21(15)18-9-11-8-12(22(23)24)4-7-14(11)17/h2-9H,1H3,(H,20,26). The molecule has 26 heavy (non-hydrogen) atoms. The van der Waals surface area contributed by atoms with Gasteiger partial charge in [-0.05, 0) is 42.5 Å². The first-order chi connectivity index (χ1) is 12.5. The Morgan fingerprint density at radius 2 is 2.08 bits per heavy atom. The zero-order chi connectivity index (χ0) is 18.7. The van der Waals surface area contributed by atoms with E-state index in [4.69, 9.17) is 28.6 Å². The molecule has 0 spiro atoms. The van der Waals surface area contributed by atoms with Crippen LogP contribution in [0.2, 0.25) is 5.02 Å². The van der Waals surface area contributed by atoms with Crippen LogP contribution < -0.4 is 4.74 Å². The van der Waals surface area contributed by atoms with Gasteiger partial charge in [0.1, 0.15) is 5.75 Å². The molecule has 8 nitrogen and oxygen atoms in total. The van der Waals surface area contributed by atoms with E-state index in [-0.39, 0.29) is 10.5 Å². The van der Waals surface area contributed by atoms with Crippen molar-refractivity contribution in [1.82, 2.24) is 14.9 Å². The second-order valence-electron chi connectivity index (χ2n) is 5.10. The van der Waals surface area contributed by atoms with Crippen molar-refractivity contribution in [3.63, 3.8) is 0 Å². The number of benzene rings is 2. The summed E-state index contributed by atoms with van der Waals surface area (Å²) in [4.78, 5) is 10.4. The van der Waals surface area contributed by atoms with E-state index in [0.29, 0.717) is 22.2 Å². The molecule has 0 saturated carbocycles. The van der Waals surface area contributed by atoms with Crippen LogP contribution in [0.5, 0.6) is 5.75 Å². The SMILES string of the molecule is COc1ccc(-c2n[nH]c(=S)n2N=Cc2cc([N+](=O)[O-])ccc2Cl)cc1. The summed E-state index contributed by atoms with van der Waals surface area (Å²) in [5, 5.41) is 22.4. The van der Waals surface area contributed by atoms with Gasteiger partial charge in [-0.25, -0.2) is 5.10 Å². The first-order valence-corrected chi connectivity index (χ1v) is 8.08. The maximum absolute atomic E-state index is 10.9. The summed E-state index contributed by atoms with van der Waals surface area (Å²) in [6, 6.07) is 11.3. The smallest absolute Gasteiger partial charge is 0.270 e. The summed E-state index contributed by atoms with van der Waals surface area (Å²) in [6.45, 7) is 0. The number of methoxy groups -OCH3 is 1. The molecule has 0 amide bonds. The van der Waals surface area contributed by atoms with Gasteiger partial charge in [-0.1, -0.05) is 11.6 Å². The number of nitrogens with zero attached hydrogens (tertiary/aromatic N) is 4. The Balaban J connectivity index is 1.99. The zero-order valence-electron chi connectivity index (χ0n) is 13.4. The van der Waals surface area contributed by atoms with Crippen LogP contribution in [0.15, 0.2) is 47.6 Å². The number of nitro benzene ring substituents is 1. The molecule has 0 unspecified atom stereocenters. The van der Waals surface area contributed by atoms with Crippen molar-refractivity contribution in [1.29, 1.82) is 0 Å². The Kier molecular flexibility index (Phi) is 5.10. The lowest BCUT2D eigenvalue weighted by molar-refractivity contribution is -0.384. The first-order valence-electron chi connectivity index (χ1n) is 7.29. The van der Waals surface area contributed by atoms with Gasteiger partial charge in [0, 0.05) is 28.3 Å². The summed E-state index contributed by atoms with van der Waals surface area (Å²) in [5.41, 5.74) is 1.08. The zero-order valence-corrected chi connectivity index (χ0v) is 15.0. The highest BCUT2D eigenvalue weighted by Crippen LogP contribution is 2.22. The maximum atomic E-state index is 10.9. The molecular formula is C16H12ClN5O3S. The molecular weight excluding hydrogens is 378 g/mol. The fraction of sp³-hybridized carbons (Fsp3) is 0.0625. The number of hydrogen-bond donors (Lipinski definition) is 1. The van der Waals surface area contributed by atoms with Crippen LogP contribution in [0.4, 0.5) is 5.69 Å². The molecule has 2 aromatic carbocycles. The highest BCUT2D eigenvalue weighted by Gasteiger charge is 2.10. The largest absolute Gasteiger partial charge is 0.497 e. The number of aromatic nitrogens is 3. The molecule has 132 valence electrons. The van der Waals surface area contributed by atoms with Gasteiger partial charge in [-0.2, -0.15) is 14.9 Å². The van der Waals surface area contributed by atoms with Crippen molar-refractivity contribution < 1.29 is 9.66 Å². The lowest BCUT2D eigenvalue weighted by atomic mass is 10.2. The minimum Gasteiger partial charge on any atom is -0.497 e. The van der Waals surface area contributed by atoms with Crippen molar-refractivity contribution in [2.45, 2.75) is 0 Å². The topological polar surface area (TPSA) is 98.3 Å². The third-order valence-corrected chi connectivity index (χ3v) is 4.11. The number of non-ortho nitro benzene ring substituents is 1. The summed E-state index contributed by atoms with van der Waals surface area (Å²) < 4.78 is 6.82. The lowest BCUT2D eigenvalue weighted by Crippen LogP contribution is -1.96. The van der Waals surface area contributed by atoms with Crippen molar-refractivity contribution in [3.8, 4) is 17.1 Å². The van der Waals surface area contributed by atoms with Gasteiger partial charge in [0.2, 0.25) is 4.77 Å². The number of hydrogen-bond acceptors (Lipinski definition) is 6. The van der Waals surface area contributed by atoms with Crippen LogP contribution in [-0.2, 0) is 0 Å². The van der Waals surface area contributed by atoms with E-state index in [1.165, 1.54) is 29.1 Å². The van der Waals surface area contributed by atoms with E-state index >= 15 is 0 Å². The molecule has 0 aliphatic rings. The van der Waals surface area contributed by atoms with Crippen molar-refractivity contribution >= 4 is 35.7 Å². The lowest BCUT2D eigenvalue weighted by Gasteiger charge is -2.03. The monoisotopic (exact) mass is 389 g/mol. The summed E-state index contributed by atoms with van der Waals surface area (Å²) in [6.07, 6.45) is 1.40. The van der Waals surface area contributed by atoms with Crippen molar-refractivity contribution in [2.24, 2.45) is 5.10 Å².